The molecule has 1 amide bonds. The number of hydrogen-bond acceptors (Lipinski definition) is 5. The standard InChI is InChI=1S/C16H21N3O3S/c1-9-6-10(2)18-16(17-9)23-8-13(20)19-7-11-4-3-5-12(11)14(19)15(21)22/h6,11-12,14H,3-5,7-8H2,1-2H3,(H,21,22). The van der Waals surface area contributed by atoms with Gasteiger partial charge in [-0.2, -0.15) is 0 Å². The van der Waals surface area contributed by atoms with Gasteiger partial charge in [-0.1, -0.05) is 18.2 Å². The lowest BCUT2D eigenvalue weighted by atomic mass is 9.94. The van der Waals surface area contributed by atoms with Crippen LogP contribution in [0.5, 0.6) is 0 Å². The van der Waals surface area contributed by atoms with Crippen LogP contribution in [-0.2, 0) is 9.59 Å². The largest absolute Gasteiger partial charge is 0.480 e. The third-order valence-corrected chi connectivity index (χ3v) is 5.58. The van der Waals surface area contributed by atoms with E-state index in [1.165, 1.54) is 11.8 Å². The SMILES string of the molecule is Cc1cc(C)nc(SCC(=O)N2CC3CCCC3C2C(=O)O)n1. The number of aryl methyl sites for hydroxylation is 2. The number of carbonyl (C=O) groups excluding carboxylic acids is 1. The first-order valence-electron chi connectivity index (χ1n) is 7.93. The van der Waals surface area contributed by atoms with Crippen molar-refractivity contribution in [2.24, 2.45) is 11.8 Å². The Kier molecular flexibility index (Phi) is 4.57. The maximum atomic E-state index is 12.5. The second-order valence-electron chi connectivity index (χ2n) is 6.41. The third kappa shape index (κ3) is 3.34. The Bertz CT molecular complexity index is 617. The number of hydrogen-bond donors (Lipinski definition) is 1. The van der Waals surface area contributed by atoms with Gasteiger partial charge in [0.1, 0.15) is 6.04 Å². The van der Waals surface area contributed by atoms with Gasteiger partial charge >= 0.3 is 5.97 Å². The van der Waals surface area contributed by atoms with Gasteiger partial charge in [-0.3, -0.25) is 4.79 Å². The van der Waals surface area contributed by atoms with Gasteiger partial charge < -0.3 is 10.0 Å². The molecule has 3 rings (SSSR count). The molecule has 1 saturated heterocycles. The van der Waals surface area contributed by atoms with E-state index in [1.807, 2.05) is 19.9 Å². The highest BCUT2D eigenvalue weighted by atomic mass is 32.2. The van der Waals surface area contributed by atoms with E-state index in [2.05, 4.69) is 9.97 Å². The molecule has 2 aliphatic rings. The Hall–Kier alpha value is -1.63. The van der Waals surface area contributed by atoms with Gasteiger partial charge in [0.15, 0.2) is 5.16 Å². The number of carboxylic acids is 1. The van der Waals surface area contributed by atoms with E-state index in [-0.39, 0.29) is 17.6 Å². The van der Waals surface area contributed by atoms with Crippen LogP contribution in [0.1, 0.15) is 30.7 Å². The van der Waals surface area contributed by atoms with E-state index in [0.717, 1.165) is 30.7 Å². The molecule has 1 aromatic rings. The van der Waals surface area contributed by atoms with Gasteiger partial charge in [-0.05, 0) is 44.6 Å². The van der Waals surface area contributed by atoms with Crippen LogP contribution < -0.4 is 0 Å². The van der Waals surface area contributed by atoms with Crippen LogP contribution in [0.4, 0.5) is 0 Å². The number of likely N-dealkylation sites (tertiary alicyclic amines) is 1. The molecule has 124 valence electrons. The summed E-state index contributed by atoms with van der Waals surface area (Å²) in [6.07, 6.45) is 3.02. The first-order valence-corrected chi connectivity index (χ1v) is 8.91. The lowest BCUT2D eigenvalue weighted by molar-refractivity contribution is -0.148. The van der Waals surface area contributed by atoms with Gasteiger partial charge in [0.25, 0.3) is 0 Å². The molecule has 0 radical (unpaired) electrons. The predicted octanol–water partition coefficient (Wildman–Crippen LogP) is 1.90. The normalized spacial score (nSPS) is 26.3. The zero-order chi connectivity index (χ0) is 16.6. The summed E-state index contributed by atoms with van der Waals surface area (Å²) < 4.78 is 0. The number of fused-ring (bicyclic) bond motifs is 1. The summed E-state index contributed by atoms with van der Waals surface area (Å²) >= 11 is 1.28. The summed E-state index contributed by atoms with van der Waals surface area (Å²) in [5, 5.41) is 10.1. The van der Waals surface area contributed by atoms with Crippen LogP contribution in [-0.4, -0.2) is 50.2 Å². The molecule has 0 spiro atoms. The minimum absolute atomic E-state index is 0.124. The van der Waals surface area contributed by atoms with Crippen LogP contribution >= 0.6 is 11.8 Å². The summed E-state index contributed by atoms with van der Waals surface area (Å²) in [6.45, 7) is 4.36. The molecule has 1 aliphatic carbocycles. The van der Waals surface area contributed by atoms with Crippen LogP contribution in [0.25, 0.3) is 0 Å². The summed E-state index contributed by atoms with van der Waals surface area (Å²) in [5.74, 6) is -0.340. The van der Waals surface area contributed by atoms with Crippen molar-refractivity contribution in [2.45, 2.75) is 44.3 Å². The molecule has 2 fully saturated rings. The fourth-order valence-electron chi connectivity index (χ4n) is 3.85. The highest BCUT2D eigenvalue weighted by Gasteiger charge is 2.49. The Balaban J connectivity index is 1.66. The maximum absolute atomic E-state index is 12.5. The van der Waals surface area contributed by atoms with Gasteiger partial charge in [0.2, 0.25) is 5.91 Å². The average molecular weight is 335 g/mol. The summed E-state index contributed by atoms with van der Waals surface area (Å²) in [7, 11) is 0. The number of aliphatic carboxylic acids is 1. The van der Waals surface area contributed by atoms with Crippen LogP contribution in [0, 0.1) is 25.7 Å². The van der Waals surface area contributed by atoms with Crippen LogP contribution in [0.2, 0.25) is 0 Å². The molecular formula is C16H21N3O3S. The van der Waals surface area contributed by atoms with Crippen molar-refractivity contribution < 1.29 is 14.7 Å². The number of aromatic nitrogens is 2. The molecule has 1 N–H and O–H groups in total. The number of thioether (sulfide) groups is 1. The lowest BCUT2D eigenvalue weighted by Crippen LogP contribution is -2.44. The Labute approximate surface area is 139 Å². The first-order chi connectivity index (χ1) is 11.0. The van der Waals surface area contributed by atoms with Gasteiger partial charge in [0.05, 0.1) is 5.75 Å². The molecule has 1 aromatic heterocycles. The summed E-state index contributed by atoms with van der Waals surface area (Å²) in [4.78, 5) is 34.3. The number of carbonyl (C=O) groups is 2. The van der Waals surface area contributed by atoms with Crippen molar-refractivity contribution in [1.29, 1.82) is 0 Å². The molecule has 23 heavy (non-hydrogen) atoms. The molecule has 6 nitrogen and oxygen atoms in total. The monoisotopic (exact) mass is 335 g/mol. The van der Waals surface area contributed by atoms with E-state index < -0.39 is 12.0 Å². The van der Waals surface area contributed by atoms with Crippen molar-refractivity contribution in [1.82, 2.24) is 14.9 Å². The Morgan fingerprint density at radius 3 is 2.65 bits per heavy atom. The second-order valence-corrected chi connectivity index (χ2v) is 7.35. The van der Waals surface area contributed by atoms with Crippen LogP contribution in [0.15, 0.2) is 11.2 Å². The average Bonchev–Trinajstić information content (AvgIpc) is 3.03. The van der Waals surface area contributed by atoms with E-state index in [9.17, 15) is 14.7 Å². The zero-order valence-electron chi connectivity index (χ0n) is 13.4. The molecular weight excluding hydrogens is 314 g/mol. The topological polar surface area (TPSA) is 83.4 Å². The first kappa shape index (κ1) is 16.2. The Morgan fingerprint density at radius 1 is 1.30 bits per heavy atom. The van der Waals surface area contributed by atoms with Gasteiger partial charge in [-0.15, -0.1) is 0 Å². The molecule has 3 unspecified atom stereocenters. The number of nitrogens with zero attached hydrogens (tertiary/aromatic N) is 3. The molecule has 1 saturated carbocycles. The Morgan fingerprint density at radius 2 is 2.00 bits per heavy atom. The van der Waals surface area contributed by atoms with Crippen molar-refractivity contribution in [2.75, 3.05) is 12.3 Å². The number of rotatable bonds is 4. The van der Waals surface area contributed by atoms with Crippen molar-refractivity contribution in [3.63, 3.8) is 0 Å². The molecule has 0 bridgehead atoms. The lowest BCUT2D eigenvalue weighted by Gasteiger charge is -2.24. The van der Waals surface area contributed by atoms with Gasteiger partial charge in [-0.25, -0.2) is 14.8 Å². The highest BCUT2D eigenvalue weighted by Crippen LogP contribution is 2.42. The molecule has 2 heterocycles. The second kappa shape index (κ2) is 6.47. The fraction of sp³-hybridized carbons (Fsp3) is 0.625. The van der Waals surface area contributed by atoms with Crippen LogP contribution in [0.3, 0.4) is 0 Å². The van der Waals surface area contributed by atoms with E-state index in [4.69, 9.17) is 0 Å². The minimum Gasteiger partial charge on any atom is -0.480 e. The fourth-order valence-corrected chi connectivity index (χ4v) is 4.68. The zero-order valence-corrected chi connectivity index (χ0v) is 14.2. The maximum Gasteiger partial charge on any atom is 0.326 e. The van der Waals surface area contributed by atoms with Crippen molar-refractivity contribution in [3.8, 4) is 0 Å². The third-order valence-electron chi connectivity index (χ3n) is 4.75. The number of carboxylic acid groups (broad SMARTS) is 1. The smallest absolute Gasteiger partial charge is 0.326 e. The molecule has 0 aromatic carbocycles. The van der Waals surface area contributed by atoms with Gasteiger partial charge in [0, 0.05) is 17.9 Å². The molecule has 7 heteroatoms. The molecule has 1 aliphatic heterocycles. The van der Waals surface area contributed by atoms with E-state index in [0.29, 0.717) is 17.6 Å². The summed E-state index contributed by atoms with van der Waals surface area (Å²) in [6, 6.07) is 1.23. The highest BCUT2D eigenvalue weighted by molar-refractivity contribution is 7.99. The van der Waals surface area contributed by atoms with E-state index in [1.54, 1.807) is 4.90 Å². The van der Waals surface area contributed by atoms with Crippen molar-refractivity contribution >= 4 is 23.6 Å². The minimum atomic E-state index is -0.875. The molecule has 3 atom stereocenters. The quantitative estimate of drug-likeness (QED) is 0.668. The summed E-state index contributed by atoms with van der Waals surface area (Å²) in [5.41, 5.74) is 1.73. The van der Waals surface area contributed by atoms with Crippen molar-refractivity contribution in [3.05, 3.63) is 17.5 Å². The predicted molar refractivity (Wildman–Crippen MR) is 86.2 cm³/mol. The van der Waals surface area contributed by atoms with E-state index >= 15 is 0 Å². The number of amides is 1.